The fraction of sp³-hybridized carbons (Fsp3) is 0.920. The summed E-state index contributed by atoms with van der Waals surface area (Å²) in [5.74, 6) is 0. The van der Waals surface area contributed by atoms with E-state index in [0.717, 1.165) is 12.8 Å². The third kappa shape index (κ3) is 13.1. The van der Waals surface area contributed by atoms with E-state index in [4.69, 9.17) is 14.6 Å². The Bertz CT molecular complexity index is 401. The molecule has 0 bridgehead atoms. The van der Waals surface area contributed by atoms with Crippen LogP contribution < -0.4 is 0 Å². The number of aliphatic hydroxyl groups is 3. The molecule has 0 amide bonds. The number of allylic oxidation sites excluding steroid dienone is 2. The third-order valence-corrected chi connectivity index (χ3v) is 6.07. The fourth-order valence-electron chi connectivity index (χ4n) is 4.09. The van der Waals surface area contributed by atoms with Gasteiger partial charge in [-0.3, -0.25) is 0 Å². The molecule has 3 N–H and O–H groups in total. The highest BCUT2D eigenvalue weighted by Crippen LogP contribution is 2.20. The molecule has 30 heavy (non-hydrogen) atoms. The largest absolute Gasteiger partial charge is 0.394 e. The van der Waals surface area contributed by atoms with E-state index in [1.54, 1.807) is 0 Å². The zero-order chi connectivity index (χ0) is 21.9. The first kappa shape index (κ1) is 27.6. The molecule has 4 atom stereocenters. The topological polar surface area (TPSA) is 79.2 Å². The quantitative estimate of drug-likeness (QED) is 0.190. The van der Waals surface area contributed by atoms with E-state index < -0.39 is 31.0 Å². The van der Waals surface area contributed by atoms with Gasteiger partial charge >= 0.3 is 0 Å². The maximum Gasteiger partial charge on any atom is 0.114 e. The predicted octanol–water partition coefficient (Wildman–Crippen LogP) is 4.91. The van der Waals surface area contributed by atoms with Gasteiger partial charge in [0.05, 0.1) is 13.2 Å². The van der Waals surface area contributed by atoms with Gasteiger partial charge in [-0.15, -0.1) is 0 Å². The zero-order valence-electron chi connectivity index (χ0n) is 19.4. The Labute approximate surface area is 184 Å². The van der Waals surface area contributed by atoms with E-state index in [2.05, 4.69) is 19.1 Å². The monoisotopic (exact) mass is 428 g/mol. The lowest BCUT2D eigenvalue weighted by atomic mass is 10.0. The minimum atomic E-state index is -1.05. The summed E-state index contributed by atoms with van der Waals surface area (Å²) in [4.78, 5) is 0. The van der Waals surface area contributed by atoms with Gasteiger partial charge in [0.25, 0.3) is 0 Å². The molecule has 0 aliphatic carbocycles. The van der Waals surface area contributed by atoms with Crippen LogP contribution in [-0.4, -0.2) is 59.6 Å². The van der Waals surface area contributed by atoms with Crippen LogP contribution in [0.2, 0.25) is 0 Å². The van der Waals surface area contributed by atoms with Gasteiger partial charge in [-0.05, 0) is 26.2 Å². The van der Waals surface area contributed by atoms with Gasteiger partial charge in [0.15, 0.2) is 0 Å². The molecule has 5 heteroatoms. The van der Waals surface area contributed by atoms with Crippen molar-refractivity contribution in [1.29, 1.82) is 0 Å². The Morgan fingerprint density at radius 1 is 0.867 bits per heavy atom. The summed E-state index contributed by atoms with van der Waals surface area (Å²) < 4.78 is 11.0. The molecule has 5 nitrogen and oxygen atoms in total. The van der Waals surface area contributed by atoms with Crippen LogP contribution in [0.3, 0.4) is 0 Å². The Kier molecular flexibility index (Phi) is 17.7. The van der Waals surface area contributed by atoms with E-state index >= 15 is 0 Å². The van der Waals surface area contributed by atoms with Crippen molar-refractivity contribution in [3.05, 3.63) is 12.2 Å². The lowest BCUT2D eigenvalue weighted by molar-refractivity contribution is -0.0730. The average molecular weight is 429 g/mol. The molecule has 0 unspecified atom stereocenters. The van der Waals surface area contributed by atoms with E-state index in [9.17, 15) is 10.2 Å². The van der Waals surface area contributed by atoms with Crippen molar-refractivity contribution < 1.29 is 24.8 Å². The highest BCUT2D eigenvalue weighted by molar-refractivity contribution is 4.88. The molecular weight excluding hydrogens is 380 g/mol. The van der Waals surface area contributed by atoms with Gasteiger partial charge in [-0.2, -0.15) is 0 Å². The van der Waals surface area contributed by atoms with Gasteiger partial charge in [0.2, 0.25) is 0 Å². The second-order valence-electron chi connectivity index (χ2n) is 8.76. The summed E-state index contributed by atoms with van der Waals surface area (Å²) in [6.07, 6.45) is 21.1. The highest BCUT2D eigenvalue weighted by Gasteiger charge is 2.40. The van der Waals surface area contributed by atoms with Gasteiger partial charge in [0.1, 0.15) is 24.4 Å². The number of rotatable bonds is 20. The SMILES string of the molecule is C/C=C/CCCCCCCCCCCCCCCCO[C@@H]1CO[C@H]([C@@H](O)CO)[C@@H]1O. The Morgan fingerprint density at radius 2 is 1.37 bits per heavy atom. The smallest absolute Gasteiger partial charge is 0.114 e. The summed E-state index contributed by atoms with van der Waals surface area (Å²) in [7, 11) is 0. The van der Waals surface area contributed by atoms with Crippen molar-refractivity contribution in [3.63, 3.8) is 0 Å². The molecule has 1 fully saturated rings. The van der Waals surface area contributed by atoms with Crippen molar-refractivity contribution in [2.75, 3.05) is 19.8 Å². The summed E-state index contributed by atoms with van der Waals surface area (Å²) in [6, 6.07) is 0. The number of ether oxygens (including phenoxy) is 2. The van der Waals surface area contributed by atoms with Crippen LogP contribution in [-0.2, 0) is 9.47 Å². The maximum atomic E-state index is 10.1. The zero-order valence-corrected chi connectivity index (χ0v) is 19.4. The highest BCUT2D eigenvalue weighted by atomic mass is 16.6. The van der Waals surface area contributed by atoms with Crippen molar-refractivity contribution in [1.82, 2.24) is 0 Å². The van der Waals surface area contributed by atoms with Gasteiger partial charge in [0, 0.05) is 6.61 Å². The molecule has 1 aliphatic heterocycles. The van der Waals surface area contributed by atoms with Crippen LogP contribution in [0.25, 0.3) is 0 Å². The number of aliphatic hydroxyl groups excluding tert-OH is 3. The molecule has 0 aromatic carbocycles. The first-order valence-corrected chi connectivity index (χ1v) is 12.5. The molecule has 0 radical (unpaired) electrons. The molecule has 1 saturated heterocycles. The van der Waals surface area contributed by atoms with Crippen LogP contribution in [0.1, 0.15) is 103 Å². The lowest BCUT2D eigenvalue weighted by Gasteiger charge is -2.20. The van der Waals surface area contributed by atoms with Crippen LogP contribution in [0.15, 0.2) is 12.2 Å². The Balaban J connectivity index is 1.78. The van der Waals surface area contributed by atoms with Crippen LogP contribution in [0, 0.1) is 0 Å². The van der Waals surface area contributed by atoms with Gasteiger partial charge in [-0.25, -0.2) is 0 Å². The van der Waals surface area contributed by atoms with Gasteiger partial charge < -0.3 is 24.8 Å². The molecule has 1 aliphatic rings. The van der Waals surface area contributed by atoms with E-state index in [0.29, 0.717) is 6.61 Å². The second kappa shape index (κ2) is 19.2. The molecular formula is C25H48O5. The maximum absolute atomic E-state index is 10.1. The average Bonchev–Trinajstić information content (AvgIpc) is 3.12. The minimum Gasteiger partial charge on any atom is -0.394 e. The summed E-state index contributed by atoms with van der Waals surface area (Å²) in [5, 5.41) is 28.6. The van der Waals surface area contributed by atoms with Crippen molar-refractivity contribution in [2.24, 2.45) is 0 Å². The van der Waals surface area contributed by atoms with Crippen molar-refractivity contribution >= 4 is 0 Å². The number of unbranched alkanes of at least 4 members (excludes halogenated alkanes) is 14. The molecule has 0 aromatic heterocycles. The number of hydrogen-bond acceptors (Lipinski definition) is 5. The Hall–Kier alpha value is -0.460. The minimum absolute atomic E-state index is 0.277. The van der Waals surface area contributed by atoms with Crippen LogP contribution in [0.5, 0.6) is 0 Å². The lowest BCUT2D eigenvalue weighted by Crippen LogP contribution is -2.41. The van der Waals surface area contributed by atoms with Crippen LogP contribution in [0.4, 0.5) is 0 Å². The summed E-state index contributed by atoms with van der Waals surface area (Å²) in [6.45, 7) is 2.58. The molecule has 1 heterocycles. The first-order chi connectivity index (χ1) is 14.7. The molecule has 0 saturated carbocycles. The molecule has 0 spiro atoms. The molecule has 178 valence electrons. The van der Waals surface area contributed by atoms with E-state index in [1.807, 2.05) is 0 Å². The molecule has 0 aromatic rings. The summed E-state index contributed by atoms with van der Waals surface area (Å²) in [5.41, 5.74) is 0. The second-order valence-corrected chi connectivity index (χ2v) is 8.76. The first-order valence-electron chi connectivity index (χ1n) is 12.5. The van der Waals surface area contributed by atoms with E-state index in [1.165, 1.54) is 83.5 Å². The normalized spacial score (nSPS) is 22.9. The van der Waals surface area contributed by atoms with Crippen molar-refractivity contribution in [3.8, 4) is 0 Å². The fourth-order valence-corrected chi connectivity index (χ4v) is 4.09. The molecule has 1 rings (SSSR count). The predicted molar refractivity (Wildman–Crippen MR) is 123 cm³/mol. The third-order valence-electron chi connectivity index (χ3n) is 6.07. The number of hydrogen-bond donors (Lipinski definition) is 3. The Morgan fingerprint density at radius 3 is 1.87 bits per heavy atom. The van der Waals surface area contributed by atoms with Gasteiger partial charge in [-0.1, -0.05) is 89.2 Å². The summed E-state index contributed by atoms with van der Waals surface area (Å²) >= 11 is 0. The standard InChI is InChI=1S/C25H48O5/c1-2-3-4-5-6-7-8-9-10-11-12-13-14-15-16-17-18-19-29-23-21-30-25(24(23)28)22(27)20-26/h2-3,22-28H,4-21H2,1H3/b3-2+/t22-,23+,24+,25+/m0/s1. The van der Waals surface area contributed by atoms with Crippen LogP contribution >= 0.6 is 0 Å². The van der Waals surface area contributed by atoms with Crippen molar-refractivity contribution in [2.45, 2.75) is 128 Å². The van der Waals surface area contributed by atoms with E-state index in [-0.39, 0.29) is 6.61 Å².